The van der Waals surface area contributed by atoms with Gasteiger partial charge >= 0.3 is 0 Å². The Labute approximate surface area is 127 Å². The number of thiazole rings is 1. The van der Waals surface area contributed by atoms with Crippen LogP contribution in [0, 0.1) is 0 Å². The molecule has 1 amide bonds. The number of anilines is 1. The van der Waals surface area contributed by atoms with Crippen molar-refractivity contribution in [2.45, 2.75) is 5.16 Å². The Kier molecular flexibility index (Phi) is 6.13. The van der Waals surface area contributed by atoms with Crippen LogP contribution in [0.4, 0.5) is 5.13 Å². The van der Waals surface area contributed by atoms with E-state index in [1.807, 2.05) is 17.8 Å². The lowest BCUT2D eigenvalue weighted by Crippen LogP contribution is -2.14. The average Bonchev–Trinajstić information content (AvgIpc) is 2.85. The molecule has 2 aromatic heterocycles. The smallest absolute Gasteiger partial charge is 0.236 e. The van der Waals surface area contributed by atoms with Crippen LogP contribution in [0.2, 0.25) is 0 Å². The molecule has 0 aromatic carbocycles. The van der Waals surface area contributed by atoms with E-state index in [1.165, 1.54) is 23.1 Å². The van der Waals surface area contributed by atoms with Crippen molar-refractivity contribution in [3.63, 3.8) is 0 Å². The van der Waals surface area contributed by atoms with Crippen molar-refractivity contribution in [1.29, 1.82) is 0 Å². The maximum Gasteiger partial charge on any atom is 0.236 e. The summed E-state index contributed by atoms with van der Waals surface area (Å²) in [5.41, 5.74) is 0. The highest BCUT2D eigenvalue weighted by molar-refractivity contribution is 9.11. The molecular weight excluding hydrogens is 360 g/mol. The third-order valence-corrected chi connectivity index (χ3v) is 4.28. The van der Waals surface area contributed by atoms with Gasteiger partial charge in [-0.05, 0) is 15.9 Å². The highest BCUT2D eigenvalue weighted by Crippen LogP contribution is 2.23. The van der Waals surface area contributed by atoms with Crippen molar-refractivity contribution in [3.8, 4) is 0 Å². The average molecular weight is 370 g/mol. The first-order chi connectivity index (χ1) is 8.15. The van der Waals surface area contributed by atoms with E-state index < -0.39 is 0 Å². The first-order valence-corrected chi connectivity index (χ1v) is 7.26. The van der Waals surface area contributed by atoms with Gasteiger partial charge in [0.25, 0.3) is 0 Å². The number of aromatic nitrogens is 3. The second-order valence-electron chi connectivity index (χ2n) is 3.13. The summed E-state index contributed by atoms with van der Waals surface area (Å²) in [4.78, 5) is 19.8. The lowest BCUT2D eigenvalue weighted by atomic mass is 10.7. The van der Waals surface area contributed by atoms with Crippen LogP contribution in [0.15, 0.2) is 27.5 Å². The Bertz CT molecular complexity index is 530. The zero-order chi connectivity index (χ0) is 12.3. The van der Waals surface area contributed by atoms with E-state index in [9.17, 15) is 4.79 Å². The molecule has 18 heavy (non-hydrogen) atoms. The standard InChI is InChI=1S/C9H9BrN4OS2.ClH/c1-14-3-2-11-9(14)16-5-7(15)13-8-12-4-6(10)17-8;/h2-4H,5H2,1H3,(H,12,13,15);1H. The van der Waals surface area contributed by atoms with Crippen LogP contribution in [0.3, 0.4) is 0 Å². The molecule has 0 aliphatic carbocycles. The SMILES string of the molecule is Cl.Cn1ccnc1SCC(=O)Nc1ncc(Br)s1. The minimum atomic E-state index is -0.0835. The Hall–Kier alpha value is -0.570. The molecular formula is C9H10BrClN4OS2. The van der Waals surface area contributed by atoms with Gasteiger partial charge in [-0.3, -0.25) is 4.79 Å². The number of carbonyl (C=O) groups is 1. The van der Waals surface area contributed by atoms with E-state index in [0.29, 0.717) is 10.9 Å². The Morgan fingerprint density at radius 3 is 2.94 bits per heavy atom. The van der Waals surface area contributed by atoms with Gasteiger partial charge in [-0.15, -0.1) is 12.4 Å². The molecule has 98 valence electrons. The number of nitrogens with zero attached hydrogens (tertiary/aromatic N) is 3. The number of imidazole rings is 1. The molecule has 0 saturated carbocycles. The summed E-state index contributed by atoms with van der Waals surface area (Å²) in [6, 6.07) is 0. The summed E-state index contributed by atoms with van der Waals surface area (Å²) < 4.78 is 2.77. The first kappa shape index (κ1) is 15.5. The Balaban J connectivity index is 0.00000162. The summed E-state index contributed by atoms with van der Waals surface area (Å²) in [6.07, 6.45) is 5.21. The molecule has 2 rings (SSSR count). The van der Waals surface area contributed by atoms with Crippen LogP contribution in [0.1, 0.15) is 0 Å². The van der Waals surface area contributed by atoms with Crippen LogP contribution < -0.4 is 5.32 Å². The van der Waals surface area contributed by atoms with Crippen molar-refractivity contribution in [2.24, 2.45) is 7.05 Å². The van der Waals surface area contributed by atoms with Gasteiger partial charge in [0, 0.05) is 19.4 Å². The van der Waals surface area contributed by atoms with E-state index in [2.05, 4.69) is 31.2 Å². The van der Waals surface area contributed by atoms with Crippen LogP contribution in [-0.2, 0) is 11.8 Å². The number of carbonyl (C=O) groups excluding carboxylic acids is 1. The predicted octanol–water partition coefficient (Wildman–Crippen LogP) is 2.79. The molecule has 0 radical (unpaired) electrons. The van der Waals surface area contributed by atoms with E-state index >= 15 is 0 Å². The van der Waals surface area contributed by atoms with E-state index in [0.717, 1.165) is 8.94 Å². The lowest BCUT2D eigenvalue weighted by Gasteiger charge is -2.01. The molecule has 0 aliphatic heterocycles. The van der Waals surface area contributed by atoms with Gasteiger partial charge < -0.3 is 9.88 Å². The summed E-state index contributed by atoms with van der Waals surface area (Å²) in [5, 5.41) is 4.14. The van der Waals surface area contributed by atoms with Crippen LogP contribution in [-0.4, -0.2) is 26.2 Å². The van der Waals surface area contributed by atoms with E-state index in [1.54, 1.807) is 12.4 Å². The van der Waals surface area contributed by atoms with Crippen LogP contribution in [0.5, 0.6) is 0 Å². The van der Waals surface area contributed by atoms with Gasteiger partial charge in [0.1, 0.15) is 0 Å². The molecule has 9 heteroatoms. The van der Waals surface area contributed by atoms with Crippen molar-refractivity contribution in [2.75, 3.05) is 11.1 Å². The third kappa shape index (κ3) is 4.27. The van der Waals surface area contributed by atoms with Crippen molar-refractivity contribution >= 4 is 62.5 Å². The fraction of sp³-hybridized carbons (Fsp3) is 0.222. The lowest BCUT2D eigenvalue weighted by molar-refractivity contribution is -0.113. The normalized spacial score (nSPS) is 9.89. The number of thioether (sulfide) groups is 1. The van der Waals surface area contributed by atoms with Crippen molar-refractivity contribution < 1.29 is 4.79 Å². The molecule has 0 aliphatic rings. The van der Waals surface area contributed by atoms with Gasteiger partial charge in [0.2, 0.25) is 5.91 Å². The summed E-state index contributed by atoms with van der Waals surface area (Å²) >= 11 is 6.07. The zero-order valence-electron chi connectivity index (χ0n) is 9.29. The number of halogens is 2. The zero-order valence-corrected chi connectivity index (χ0v) is 13.3. The minimum Gasteiger partial charge on any atom is -0.329 e. The first-order valence-electron chi connectivity index (χ1n) is 4.66. The van der Waals surface area contributed by atoms with Crippen molar-refractivity contribution in [1.82, 2.24) is 14.5 Å². The fourth-order valence-electron chi connectivity index (χ4n) is 1.09. The summed E-state index contributed by atoms with van der Waals surface area (Å²) in [6.45, 7) is 0. The molecule has 2 heterocycles. The largest absolute Gasteiger partial charge is 0.329 e. The second-order valence-corrected chi connectivity index (χ2v) is 6.48. The number of nitrogens with one attached hydrogen (secondary N) is 1. The third-order valence-electron chi connectivity index (χ3n) is 1.83. The molecule has 5 nitrogen and oxygen atoms in total. The number of aryl methyl sites for hydroxylation is 1. The van der Waals surface area contributed by atoms with Crippen LogP contribution in [0.25, 0.3) is 0 Å². The molecule has 0 bridgehead atoms. The van der Waals surface area contributed by atoms with Gasteiger partial charge in [-0.1, -0.05) is 23.1 Å². The molecule has 1 N–H and O–H groups in total. The second kappa shape index (κ2) is 7.13. The summed E-state index contributed by atoms with van der Waals surface area (Å²) in [5.74, 6) is 0.238. The molecule has 0 atom stereocenters. The molecule has 0 fully saturated rings. The molecule has 2 aromatic rings. The number of hydrogen-bond acceptors (Lipinski definition) is 5. The maximum atomic E-state index is 11.6. The van der Waals surface area contributed by atoms with Crippen LogP contribution >= 0.6 is 51.4 Å². The van der Waals surface area contributed by atoms with E-state index in [4.69, 9.17) is 0 Å². The number of hydrogen-bond donors (Lipinski definition) is 1. The van der Waals surface area contributed by atoms with E-state index in [-0.39, 0.29) is 18.3 Å². The van der Waals surface area contributed by atoms with Crippen molar-refractivity contribution in [3.05, 3.63) is 22.4 Å². The number of amides is 1. The van der Waals surface area contributed by atoms with Gasteiger partial charge in [-0.2, -0.15) is 0 Å². The maximum absolute atomic E-state index is 11.6. The predicted molar refractivity (Wildman–Crippen MR) is 79.6 cm³/mol. The molecule has 0 spiro atoms. The fourth-order valence-corrected chi connectivity index (χ4v) is 2.94. The number of rotatable bonds is 4. The minimum absolute atomic E-state index is 0. The summed E-state index contributed by atoms with van der Waals surface area (Å²) in [7, 11) is 1.89. The van der Waals surface area contributed by atoms with Gasteiger partial charge in [0.05, 0.1) is 15.7 Å². The monoisotopic (exact) mass is 368 g/mol. The highest BCUT2D eigenvalue weighted by Gasteiger charge is 2.08. The Morgan fingerprint density at radius 2 is 2.39 bits per heavy atom. The van der Waals surface area contributed by atoms with Gasteiger partial charge in [0.15, 0.2) is 10.3 Å². The molecule has 0 unspecified atom stereocenters. The Morgan fingerprint density at radius 1 is 1.61 bits per heavy atom. The molecule has 0 saturated heterocycles. The highest BCUT2D eigenvalue weighted by atomic mass is 79.9. The topological polar surface area (TPSA) is 59.8 Å². The quantitative estimate of drug-likeness (QED) is 0.842. The van der Waals surface area contributed by atoms with Gasteiger partial charge in [-0.25, -0.2) is 9.97 Å².